The summed E-state index contributed by atoms with van der Waals surface area (Å²) >= 11 is 0. The summed E-state index contributed by atoms with van der Waals surface area (Å²) in [5.74, 6) is 0.828. The fourth-order valence-electron chi connectivity index (χ4n) is 4.52. The van der Waals surface area contributed by atoms with E-state index in [1.165, 1.54) is 12.3 Å². The second-order valence-electron chi connectivity index (χ2n) is 9.32. The second-order valence-corrected chi connectivity index (χ2v) is 9.32. The van der Waals surface area contributed by atoms with Crippen molar-refractivity contribution in [2.24, 2.45) is 0 Å². The normalized spacial score (nSPS) is 18.8. The molecule has 1 aliphatic carbocycles. The van der Waals surface area contributed by atoms with Crippen LogP contribution in [0.25, 0.3) is 0 Å². The van der Waals surface area contributed by atoms with Crippen molar-refractivity contribution in [3.05, 3.63) is 47.7 Å². The zero-order valence-electron chi connectivity index (χ0n) is 19.5. The van der Waals surface area contributed by atoms with Gasteiger partial charge in [-0.2, -0.15) is 18.4 Å². The molecule has 3 fully saturated rings. The summed E-state index contributed by atoms with van der Waals surface area (Å²) in [6, 6.07) is 8.81. The highest BCUT2D eigenvalue weighted by Gasteiger charge is 2.42. The number of carbonyl (C=O) groups excluding carboxylic acids is 1. The van der Waals surface area contributed by atoms with Gasteiger partial charge in [0.2, 0.25) is 0 Å². The number of anilines is 2. The number of halogens is 3. The number of ether oxygens (including phenoxy) is 2. The average Bonchev–Trinajstić information content (AvgIpc) is 3.66. The lowest BCUT2D eigenvalue weighted by molar-refractivity contribution is -0.137. The van der Waals surface area contributed by atoms with E-state index in [9.17, 15) is 18.0 Å². The van der Waals surface area contributed by atoms with Crippen molar-refractivity contribution < 1.29 is 27.4 Å². The van der Waals surface area contributed by atoms with Gasteiger partial charge < -0.3 is 24.6 Å². The highest BCUT2D eigenvalue weighted by molar-refractivity contribution is 5.90. The molecule has 0 unspecified atom stereocenters. The molecule has 2 amide bonds. The fraction of sp³-hybridized carbons (Fsp3) is 0.480. The standard InChI is InChI=1S/C25H26F3N5O3/c26-25(27,28)17-9-18(11-22(10-17)36-21-5-7-35-8-6-21)31-24(34)32-14-20(15-32)33(19-2-3-19)23-4-1-16(12-29)13-30-23/h1,4,9-11,13,19-21H,2-3,5-8,14-15H2,(H,31,34). The first kappa shape index (κ1) is 24.2. The summed E-state index contributed by atoms with van der Waals surface area (Å²) in [5, 5.41) is 11.6. The largest absolute Gasteiger partial charge is 0.490 e. The van der Waals surface area contributed by atoms with E-state index in [2.05, 4.69) is 21.3 Å². The molecule has 0 bridgehead atoms. The molecule has 36 heavy (non-hydrogen) atoms. The Bertz CT molecular complexity index is 1140. The maximum Gasteiger partial charge on any atom is 0.416 e. The number of benzene rings is 1. The van der Waals surface area contributed by atoms with Gasteiger partial charge in [-0.05, 0) is 37.1 Å². The van der Waals surface area contributed by atoms with Crippen molar-refractivity contribution in [3.63, 3.8) is 0 Å². The lowest BCUT2D eigenvalue weighted by atomic mass is 10.1. The molecule has 1 aromatic heterocycles. The van der Waals surface area contributed by atoms with Gasteiger partial charge in [-0.15, -0.1) is 0 Å². The van der Waals surface area contributed by atoms with Crippen LogP contribution in [-0.4, -0.2) is 60.4 Å². The van der Waals surface area contributed by atoms with E-state index in [0.29, 0.717) is 50.8 Å². The number of nitrogens with zero attached hydrogens (tertiary/aromatic N) is 4. The molecule has 11 heteroatoms. The van der Waals surface area contributed by atoms with Crippen LogP contribution in [-0.2, 0) is 10.9 Å². The van der Waals surface area contributed by atoms with E-state index in [0.717, 1.165) is 30.8 Å². The summed E-state index contributed by atoms with van der Waals surface area (Å²) in [6.07, 6.45) is -0.0190. The smallest absolute Gasteiger partial charge is 0.416 e. The number of hydrogen-bond acceptors (Lipinski definition) is 6. The number of carbonyl (C=O) groups is 1. The van der Waals surface area contributed by atoms with E-state index in [1.807, 2.05) is 6.07 Å². The number of rotatable bonds is 6. The van der Waals surface area contributed by atoms with E-state index in [1.54, 1.807) is 11.0 Å². The van der Waals surface area contributed by atoms with Crippen molar-refractivity contribution in [3.8, 4) is 11.8 Å². The molecule has 1 N–H and O–H groups in total. The summed E-state index contributed by atoms with van der Waals surface area (Å²) < 4.78 is 51.6. The summed E-state index contributed by atoms with van der Waals surface area (Å²) in [6.45, 7) is 1.85. The first-order valence-electron chi connectivity index (χ1n) is 12.0. The number of likely N-dealkylation sites (tertiary alicyclic amines) is 1. The molecular formula is C25H26F3N5O3. The van der Waals surface area contributed by atoms with Gasteiger partial charge in [0.15, 0.2) is 0 Å². The third-order valence-electron chi connectivity index (χ3n) is 6.58. The van der Waals surface area contributed by atoms with Crippen LogP contribution in [0.4, 0.5) is 29.5 Å². The molecule has 2 aliphatic heterocycles. The van der Waals surface area contributed by atoms with Gasteiger partial charge >= 0.3 is 12.2 Å². The summed E-state index contributed by atoms with van der Waals surface area (Å²) in [5.41, 5.74) is -0.367. The number of alkyl halides is 3. The minimum absolute atomic E-state index is 0.0353. The second kappa shape index (κ2) is 9.85. The van der Waals surface area contributed by atoms with Gasteiger partial charge in [-0.3, -0.25) is 0 Å². The van der Waals surface area contributed by atoms with Crippen molar-refractivity contribution in [2.45, 2.75) is 50.0 Å². The monoisotopic (exact) mass is 501 g/mol. The van der Waals surface area contributed by atoms with Gasteiger partial charge in [0.25, 0.3) is 0 Å². The minimum atomic E-state index is -4.57. The van der Waals surface area contributed by atoms with Gasteiger partial charge in [0.1, 0.15) is 23.7 Å². The Morgan fingerprint density at radius 2 is 1.89 bits per heavy atom. The van der Waals surface area contributed by atoms with E-state index in [-0.39, 0.29) is 23.6 Å². The molecule has 0 spiro atoms. The lowest BCUT2D eigenvalue weighted by Gasteiger charge is -2.46. The molecule has 2 aromatic rings. The Hall–Kier alpha value is -3.52. The summed E-state index contributed by atoms with van der Waals surface area (Å²) in [7, 11) is 0. The molecule has 0 atom stereocenters. The Labute approximate surface area is 206 Å². The Balaban J connectivity index is 1.24. The van der Waals surface area contributed by atoms with Crippen LogP contribution in [0.5, 0.6) is 5.75 Å². The van der Waals surface area contributed by atoms with Crippen LogP contribution in [0.2, 0.25) is 0 Å². The van der Waals surface area contributed by atoms with Crippen molar-refractivity contribution >= 4 is 17.5 Å². The number of hydrogen-bond donors (Lipinski definition) is 1. The highest BCUT2D eigenvalue weighted by Crippen LogP contribution is 2.37. The van der Waals surface area contributed by atoms with Crippen molar-refractivity contribution in [2.75, 3.05) is 36.5 Å². The number of urea groups is 1. The van der Waals surface area contributed by atoms with Crippen LogP contribution in [0, 0.1) is 11.3 Å². The lowest BCUT2D eigenvalue weighted by Crippen LogP contribution is -2.62. The number of nitriles is 1. The Morgan fingerprint density at radius 3 is 2.50 bits per heavy atom. The number of amides is 2. The minimum Gasteiger partial charge on any atom is -0.490 e. The molecule has 190 valence electrons. The number of aromatic nitrogens is 1. The predicted octanol–water partition coefficient (Wildman–Crippen LogP) is 4.41. The third-order valence-corrected chi connectivity index (χ3v) is 6.58. The molecule has 0 radical (unpaired) electrons. The summed E-state index contributed by atoms with van der Waals surface area (Å²) in [4.78, 5) is 21.0. The molecule has 3 aliphatic rings. The third kappa shape index (κ3) is 5.49. The number of pyridine rings is 1. The maximum absolute atomic E-state index is 13.5. The first-order chi connectivity index (χ1) is 17.3. The molecule has 8 nitrogen and oxygen atoms in total. The molecular weight excluding hydrogens is 475 g/mol. The van der Waals surface area contributed by atoms with Crippen LogP contribution in [0.3, 0.4) is 0 Å². The maximum atomic E-state index is 13.5. The van der Waals surface area contributed by atoms with Gasteiger partial charge in [0.05, 0.1) is 30.4 Å². The Morgan fingerprint density at radius 1 is 1.14 bits per heavy atom. The number of nitrogens with one attached hydrogen (secondary N) is 1. The zero-order valence-corrected chi connectivity index (χ0v) is 19.5. The molecule has 5 rings (SSSR count). The van der Waals surface area contributed by atoms with Crippen LogP contribution < -0.4 is 15.0 Å². The van der Waals surface area contributed by atoms with Gasteiger partial charge in [0, 0.05) is 49.9 Å². The van der Waals surface area contributed by atoms with Gasteiger partial charge in [-0.1, -0.05) is 0 Å². The van der Waals surface area contributed by atoms with Crippen LogP contribution in [0.15, 0.2) is 36.5 Å². The van der Waals surface area contributed by atoms with E-state index >= 15 is 0 Å². The predicted molar refractivity (Wildman–Crippen MR) is 125 cm³/mol. The zero-order chi connectivity index (χ0) is 25.3. The highest BCUT2D eigenvalue weighted by atomic mass is 19.4. The Kier molecular flexibility index (Phi) is 6.62. The van der Waals surface area contributed by atoms with Crippen LogP contribution in [0.1, 0.15) is 36.8 Å². The molecule has 1 aromatic carbocycles. The topological polar surface area (TPSA) is 90.7 Å². The van der Waals surface area contributed by atoms with E-state index in [4.69, 9.17) is 14.7 Å². The van der Waals surface area contributed by atoms with Crippen molar-refractivity contribution in [1.29, 1.82) is 5.26 Å². The van der Waals surface area contributed by atoms with Crippen molar-refractivity contribution in [1.82, 2.24) is 9.88 Å². The average molecular weight is 502 g/mol. The first-order valence-corrected chi connectivity index (χ1v) is 12.0. The fourth-order valence-corrected chi connectivity index (χ4v) is 4.52. The molecule has 2 saturated heterocycles. The molecule has 1 saturated carbocycles. The quantitative estimate of drug-likeness (QED) is 0.631. The van der Waals surface area contributed by atoms with E-state index < -0.39 is 17.8 Å². The molecule has 3 heterocycles. The van der Waals surface area contributed by atoms with Crippen LogP contribution >= 0.6 is 0 Å². The van der Waals surface area contributed by atoms with Gasteiger partial charge in [-0.25, -0.2) is 9.78 Å². The SMILES string of the molecule is N#Cc1ccc(N(C2CC2)C2CN(C(=O)Nc3cc(OC4CCOCC4)cc(C(F)(F)F)c3)C2)nc1.